The molecule has 0 radical (unpaired) electrons. The fraction of sp³-hybridized carbons (Fsp3) is 0.667. The van der Waals surface area contributed by atoms with Gasteiger partial charge >= 0.3 is 5.97 Å². The van der Waals surface area contributed by atoms with Gasteiger partial charge in [-0.15, -0.1) is 0 Å². The lowest BCUT2D eigenvalue weighted by Crippen LogP contribution is -2.48. The quantitative estimate of drug-likeness (QED) is 0.401. The number of ether oxygens (including phenoxy) is 1. The highest BCUT2D eigenvalue weighted by Crippen LogP contribution is 2.04. The SMILES string of the molecule is CCOC(=O)C(C)(O)C(N)=O. The number of esters is 1. The molecule has 64 valence electrons. The second-order valence-corrected chi connectivity index (χ2v) is 2.16. The molecule has 0 aromatic heterocycles. The summed E-state index contributed by atoms with van der Waals surface area (Å²) in [5.74, 6) is -2.14. The zero-order chi connectivity index (χ0) is 9.07. The standard InChI is InChI=1S/C6H11NO4/c1-3-11-5(9)6(2,10)4(7)8/h10H,3H2,1-2H3,(H2,7,8). The molecule has 0 heterocycles. The Morgan fingerprint density at radius 2 is 2.09 bits per heavy atom. The fourth-order valence-corrected chi connectivity index (χ4v) is 0.372. The van der Waals surface area contributed by atoms with Gasteiger partial charge in [-0.3, -0.25) is 4.79 Å². The van der Waals surface area contributed by atoms with Gasteiger partial charge in [-0.05, 0) is 13.8 Å². The monoisotopic (exact) mass is 161 g/mol. The summed E-state index contributed by atoms with van der Waals surface area (Å²) in [6.45, 7) is 2.66. The number of carbonyl (C=O) groups excluding carboxylic acids is 2. The third-order valence-electron chi connectivity index (χ3n) is 1.15. The summed E-state index contributed by atoms with van der Waals surface area (Å²) in [7, 11) is 0. The number of nitrogens with two attached hydrogens (primary N) is 1. The van der Waals surface area contributed by atoms with Gasteiger partial charge in [-0.25, -0.2) is 4.79 Å². The van der Waals surface area contributed by atoms with Crippen molar-refractivity contribution < 1.29 is 19.4 Å². The zero-order valence-electron chi connectivity index (χ0n) is 6.46. The van der Waals surface area contributed by atoms with Crippen molar-refractivity contribution in [1.82, 2.24) is 0 Å². The van der Waals surface area contributed by atoms with E-state index in [0.29, 0.717) is 0 Å². The van der Waals surface area contributed by atoms with Crippen LogP contribution in [0.15, 0.2) is 0 Å². The van der Waals surface area contributed by atoms with Crippen LogP contribution in [0, 0.1) is 0 Å². The van der Waals surface area contributed by atoms with Gasteiger partial charge in [0.15, 0.2) is 0 Å². The second-order valence-electron chi connectivity index (χ2n) is 2.16. The van der Waals surface area contributed by atoms with Crippen molar-refractivity contribution >= 4 is 11.9 Å². The first-order valence-corrected chi connectivity index (χ1v) is 3.12. The minimum atomic E-state index is -2.21. The van der Waals surface area contributed by atoms with Crippen LogP contribution in [-0.4, -0.2) is 29.2 Å². The maximum absolute atomic E-state index is 10.7. The molecule has 0 bridgehead atoms. The summed E-state index contributed by atoms with van der Waals surface area (Å²) in [5.41, 5.74) is 2.50. The minimum Gasteiger partial charge on any atom is -0.463 e. The molecular formula is C6H11NO4. The number of hydrogen-bond donors (Lipinski definition) is 2. The molecule has 0 saturated heterocycles. The number of amides is 1. The Balaban J connectivity index is 4.30. The first kappa shape index (κ1) is 9.90. The van der Waals surface area contributed by atoms with E-state index < -0.39 is 17.5 Å². The van der Waals surface area contributed by atoms with E-state index in [4.69, 9.17) is 10.8 Å². The van der Waals surface area contributed by atoms with Gasteiger partial charge in [0.05, 0.1) is 6.61 Å². The van der Waals surface area contributed by atoms with E-state index in [-0.39, 0.29) is 6.61 Å². The number of aliphatic hydroxyl groups is 1. The van der Waals surface area contributed by atoms with Crippen LogP contribution < -0.4 is 5.73 Å². The summed E-state index contributed by atoms with van der Waals surface area (Å²) in [6.07, 6.45) is 0. The molecule has 11 heavy (non-hydrogen) atoms. The number of carbonyl (C=O) groups is 2. The van der Waals surface area contributed by atoms with Crippen LogP contribution in [0.4, 0.5) is 0 Å². The Bertz CT molecular complexity index is 175. The average molecular weight is 161 g/mol. The molecule has 1 atom stereocenters. The summed E-state index contributed by atoms with van der Waals surface area (Å²) < 4.78 is 4.38. The zero-order valence-corrected chi connectivity index (χ0v) is 6.46. The molecule has 1 unspecified atom stereocenters. The Morgan fingerprint density at radius 1 is 1.64 bits per heavy atom. The molecule has 0 fully saturated rings. The average Bonchev–Trinajstić information content (AvgIpc) is 1.88. The Labute approximate surface area is 64.1 Å². The predicted octanol–water partition coefficient (Wildman–Crippen LogP) is -1.21. The van der Waals surface area contributed by atoms with Crippen LogP contribution in [-0.2, 0) is 14.3 Å². The van der Waals surface area contributed by atoms with Gasteiger partial charge in [0.2, 0.25) is 5.60 Å². The molecule has 0 aliphatic heterocycles. The summed E-state index contributed by atoms with van der Waals surface area (Å²) >= 11 is 0. The molecule has 5 heteroatoms. The van der Waals surface area contributed by atoms with Gasteiger partial charge in [-0.2, -0.15) is 0 Å². The molecule has 3 N–H and O–H groups in total. The highest BCUT2D eigenvalue weighted by atomic mass is 16.5. The highest BCUT2D eigenvalue weighted by Gasteiger charge is 2.38. The minimum absolute atomic E-state index is 0.0995. The topological polar surface area (TPSA) is 89.6 Å². The van der Waals surface area contributed by atoms with E-state index in [1.165, 1.54) is 0 Å². The molecule has 5 nitrogen and oxygen atoms in total. The third-order valence-corrected chi connectivity index (χ3v) is 1.15. The highest BCUT2D eigenvalue weighted by molar-refractivity contribution is 6.04. The van der Waals surface area contributed by atoms with Gasteiger partial charge < -0.3 is 15.6 Å². The van der Waals surface area contributed by atoms with Crippen LogP contribution in [0.3, 0.4) is 0 Å². The first-order chi connectivity index (χ1) is 4.92. The fourth-order valence-electron chi connectivity index (χ4n) is 0.372. The van der Waals surface area contributed by atoms with Crippen molar-refractivity contribution in [3.8, 4) is 0 Å². The summed E-state index contributed by atoms with van der Waals surface area (Å²) in [4.78, 5) is 21.1. The normalized spacial score (nSPS) is 15.2. The largest absolute Gasteiger partial charge is 0.463 e. The summed E-state index contributed by atoms with van der Waals surface area (Å²) in [6, 6.07) is 0. The van der Waals surface area contributed by atoms with Crippen molar-refractivity contribution in [2.75, 3.05) is 6.61 Å². The Kier molecular flexibility index (Phi) is 3.00. The lowest BCUT2D eigenvalue weighted by molar-refractivity contribution is -0.167. The molecular weight excluding hydrogens is 150 g/mol. The van der Waals surface area contributed by atoms with Gasteiger partial charge in [0.25, 0.3) is 5.91 Å². The molecule has 0 spiro atoms. The van der Waals surface area contributed by atoms with E-state index in [2.05, 4.69) is 4.74 Å². The third kappa shape index (κ3) is 2.19. The molecule has 0 aromatic rings. The van der Waals surface area contributed by atoms with Crippen LogP contribution in [0.5, 0.6) is 0 Å². The molecule has 0 aliphatic rings. The first-order valence-electron chi connectivity index (χ1n) is 3.12. The Hall–Kier alpha value is -1.10. The van der Waals surface area contributed by atoms with Crippen LogP contribution >= 0.6 is 0 Å². The van der Waals surface area contributed by atoms with Crippen molar-refractivity contribution in [3.05, 3.63) is 0 Å². The van der Waals surface area contributed by atoms with Gasteiger partial charge in [0.1, 0.15) is 0 Å². The smallest absolute Gasteiger partial charge is 0.347 e. The van der Waals surface area contributed by atoms with E-state index >= 15 is 0 Å². The Morgan fingerprint density at radius 3 is 2.36 bits per heavy atom. The number of rotatable bonds is 3. The number of hydrogen-bond acceptors (Lipinski definition) is 4. The van der Waals surface area contributed by atoms with Crippen molar-refractivity contribution in [2.45, 2.75) is 19.4 Å². The van der Waals surface area contributed by atoms with Crippen LogP contribution in [0.2, 0.25) is 0 Å². The predicted molar refractivity (Wildman–Crippen MR) is 36.5 cm³/mol. The molecule has 0 rings (SSSR count). The molecule has 0 aromatic carbocycles. The van der Waals surface area contributed by atoms with E-state index in [1.807, 2.05) is 0 Å². The molecule has 0 saturated carbocycles. The maximum atomic E-state index is 10.7. The lowest BCUT2D eigenvalue weighted by Gasteiger charge is -2.15. The van der Waals surface area contributed by atoms with Gasteiger partial charge in [0, 0.05) is 0 Å². The lowest BCUT2D eigenvalue weighted by atomic mass is 10.1. The van der Waals surface area contributed by atoms with Crippen LogP contribution in [0.25, 0.3) is 0 Å². The van der Waals surface area contributed by atoms with Crippen molar-refractivity contribution in [3.63, 3.8) is 0 Å². The summed E-state index contributed by atoms with van der Waals surface area (Å²) in [5, 5.41) is 9.04. The van der Waals surface area contributed by atoms with E-state index in [9.17, 15) is 9.59 Å². The van der Waals surface area contributed by atoms with Crippen molar-refractivity contribution in [2.24, 2.45) is 5.73 Å². The molecule has 0 aliphatic carbocycles. The van der Waals surface area contributed by atoms with E-state index in [1.54, 1.807) is 6.92 Å². The maximum Gasteiger partial charge on any atom is 0.347 e. The molecule has 1 amide bonds. The van der Waals surface area contributed by atoms with E-state index in [0.717, 1.165) is 6.92 Å². The van der Waals surface area contributed by atoms with Crippen LogP contribution in [0.1, 0.15) is 13.8 Å². The second kappa shape index (κ2) is 3.34. The number of primary amides is 1. The van der Waals surface area contributed by atoms with Crippen molar-refractivity contribution in [1.29, 1.82) is 0 Å². The van der Waals surface area contributed by atoms with Gasteiger partial charge in [-0.1, -0.05) is 0 Å².